The largest absolute Gasteiger partial charge is 0.351 e. The molecule has 0 aromatic heterocycles. The fourth-order valence-electron chi connectivity index (χ4n) is 0.858. The molecule has 0 saturated carbocycles. The van der Waals surface area contributed by atoms with Gasteiger partial charge in [-0.1, -0.05) is 6.58 Å². The number of hydrogen-bond acceptors (Lipinski definition) is 3. The first-order valence-corrected chi connectivity index (χ1v) is 4.63. The number of carbonyl (C=O) groups excluding carboxylic acids is 1. The van der Waals surface area contributed by atoms with Crippen molar-refractivity contribution in [2.45, 2.75) is 20.1 Å². The lowest BCUT2D eigenvalue weighted by Crippen LogP contribution is -2.39. The maximum Gasteiger partial charge on any atom is 0.318 e. The zero-order valence-corrected chi connectivity index (χ0v) is 8.71. The maximum atomic E-state index is 11.0. The van der Waals surface area contributed by atoms with Crippen molar-refractivity contribution in [3.63, 3.8) is 0 Å². The number of ether oxygens (including phenoxy) is 2. The summed E-state index contributed by atoms with van der Waals surface area (Å²) in [4.78, 5) is 11.0. The highest BCUT2D eigenvalue weighted by atomic mass is 16.7. The van der Waals surface area contributed by atoms with Crippen molar-refractivity contribution in [2.24, 2.45) is 0 Å². The number of urea groups is 1. The van der Waals surface area contributed by atoms with Gasteiger partial charge in [0, 0.05) is 13.2 Å². The van der Waals surface area contributed by atoms with E-state index in [9.17, 15) is 4.79 Å². The Labute approximate surface area is 84.5 Å². The van der Waals surface area contributed by atoms with Crippen LogP contribution in [0.1, 0.15) is 13.8 Å². The van der Waals surface area contributed by atoms with E-state index in [1.165, 1.54) is 6.20 Å². The maximum absolute atomic E-state index is 11.0. The van der Waals surface area contributed by atoms with E-state index in [4.69, 9.17) is 9.47 Å². The van der Waals surface area contributed by atoms with Crippen LogP contribution in [0.4, 0.5) is 4.79 Å². The Morgan fingerprint density at radius 1 is 1.43 bits per heavy atom. The van der Waals surface area contributed by atoms with Crippen LogP contribution in [-0.2, 0) is 9.47 Å². The van der Waals surface area contributed by atoms with E-state index in [1.54, 1.807) is 0 Å². The quantitative estimate of drug-likeness (QED) is 0.601. The van der Waals surface area contributed by atoms with E-state index >= 15 is 0 Å². The third-order valence-corrected chi connectivity index (χ3v) is 1.37. The van der Waals surface area contributed by atoms with Crippen molar-refractivity contribution < 1.29 is 14.3 Å². The third-order valence-electron chi connectivity index (χ3n) is 1.37. The molecule has 0 spiro atoms. The molecule has 0 aliphatic heterocycles. The van der Waals surface area contributed by atoms with Crippen molar-refractivity contribution in [3.05, 3.63) is 12.8 Å². The molecule has 0 aromatic carbocycles. The third kappa shape index (κ3) is 6.45. The fourth-order valence-corrected chi connectivity index (χ4v) is 0.858. The Kier molecular flexibility index (Phi) is 7.87. The number of amides is 2. The molecule has 5 nitrogen and oxygen atoms in total. The first-order chi connectivity index (χ1) is 6.74. The number of carbonyl (C=O) groups is 1. The molecular weight excluding hydrogens is 184 g/mol. The second-order valence-corrected chi connectivity index (χ2v) is 2.40. The van der Waals surface area contributed by atoms with Gasteiger partial charge in [-0.3, -0.25) is 0 Å². The average Bonchev–Trinajstić information content (AvgIpc) is 2.15. The molecule has 0 heterocycles. The summed E-state index contributed by atoms with van der Waals surface area (Å²) in [6, 6.07) is -0.315. The Bertz CT molecular complexity index is 167. The predicted molar refractivity (Wildman–Crippen MR) is 53.8 cm³/mol. The van der Waals surface area contributed by atoms with Crippen molar-refractivity contribution in [1.82, 2.24) is 10.6 Å². The van der Waals surface area contributed by atoms with Crippen LogP contribution in [-0.4, -0.2) is 32.1 Å². The zero-order valence-electron chi connectivity index (χ0n) is 8.71. The summed E-state index contributed by atoms with van der Waals surface area (Å²) in [5, 5.41) is 4.97. The smallest absolute Gasteiger partial charge is 0.318 e. The molecule has 0 aliphatic carbocycles. The highest BCUT2D eigenvalue weighted by molar-refractivity contribution is 5.74. The lowest BCUT2D eigenvalue weighted by Gasteiger charge is -2.17. The molecule has 0 rings (SSSR count). The van der Waals surface area contributed by atoms with Crippen LogP contribution in [0.5, 0.6) is 0 Å². The molecule has 0 saturated heterocycles. The molecular formula is C9H18N2O3. The van der Waals surface area contributed by atoms with E-state index < -0.39 is 0 Å². The highest BCUT2D eigenvalue weighted by Gasteiger charge is 2.08. The second-order valence-electron chi connectivity index (χ2n) is 2.40. The first kappa shape index (κ1) is 12.9. The van der Waals surface area contributed by atoms with Gasteiger partial charge in [0.1, 0.15) is 0 Å². The number of nitrogens with one attached hydrogen (secondary N) is 2. The van der Waals surface area contributed by atoms with Gasteiger partial charge in [-0.05, 0) is 20.0 Å². The minimum Gasteiger partial charge on any atom is -0.351 e. The van der Waals surface area contributed by atoms with Gasteiger partial charge in [-0.25, -0.2) is 4.79 Å². The van der Waals surface area contributed by atoms with Crippen LogP contribution < -0.4 is 10.6 Å². The molecule has 82 valence electrons. The highest BCUT2D eigenvalue weighted by Crippen LogP contribution is 1.92. The van der Waals surface area contributed by atoms with Crippen molar-refractivity contribution >= 4 is 6.03 Å². The average molecular weight is 202 g/mol. The molecule has 0 unspecified atom stereocenters. The van der Waals surface area contributed by atoms with Crippen LogP contribution in [0.3, 0.4) is 0 Å². The van der Waals surface area contributed by atoms with E-state index in [1.807, 2.05) is 13.8 Å². The minimum absolute atomic E-state index is 0.315. The van der Waals surface area contributed by atoms with E-state index in [0.29, 0.717) is 19.8 Å². The summed E-state index contributed by atoms with van der Waals surface area (Å²) in [6.45, 7) is 8.53. The molecule has 2 N–H and O–H groups in total. The molecule has 0 atom stereocenters. The van der Waals surface area contributed by atoms with Gasteiger partial charge in [-0.15, -0.1) is 0 Å². The molecule has 0 aliphatic rings. The molecule has 2 amide bonds. The van der Waals surface area contributed by atoms with Crippen LogP contribution in [0, 0.1) is 0 Å². The van der Waals surface area contributed by atoms with Gasteiger partial charge in [0.05, 0.1) is 6.54 Å². The first-order valence-electron chi connectivity index (χ1n) is 4.63. The Morgan fingerprint density at radius 3 is 2.43 bits per heavy atom. The summed E-state index contributed by atoms with van der Waals surface area (Å²) in [5.74, 6) is 0. The van der Waals surface area contributed by atoms with Gasteiger partial charge in [0.25, 0.3) is 0 Å². The van der Waals surface area contributed by atoms with E-state index in [-0.39, 0.29) is 12.3 Å². The molecule has 0 radical (unpaired) electrons. The minimum atomic E-state index is -0.388. The molecule has 14 heavy (non-hydrogen) atoms. The summed E-state index contributed by atoms with van der Waals surface area (Å²) in [6.07, 6.45) is 0.923. The van der Waals surface area contributed by atoms with Gasteiger partial charge in [0.15, 0.2) is 6.29 Å². The lowest BCUT2D eigenvalue weighted by atomic mass is 10.6. The molecule has 0 bridgehead atoms. The van der Waals surface area contributed by atoms with E-state index in [0.717, 1.165) is 0 Å². The van der Waals surface area contributed by atoms with Gasteiger partial charge in [0.2, 0.25) is 0 Å². The van der Waals surface area contributed by atoms with Crippen LogP contribution in [0.25, 0.3) is 0 Å². The fraction of sp³-hybridized carbons (Fsp3) is 0.667. The summed E-state index contributed by atoms with van der Waals surface area (Å²) in [7, 11) is 0. The van der Waals surface area contributed by atoms with Gasteiger partial charge < -0.3 is 20.1 Å². The summed E-state index contributed by atoms with van der Waals surface area (Å²) >= 11 is 0. The number of hydrogen-bond donors (Lipinski definition) is 2. The molecule has 0 aromatic rings. The summed E-state index contributed by atoms with van der Waals surface area (Å²) < 4.78 is 10.4. The normalized spacial score (nSPS) is 9.93. The topological polar surface area (TPSA) is 59.6 Å². The van der Waals surface area contributed by atoms with Gasteiger partial charge >= 0.3 is 6.03 Å². The molecule has 5 heteroatoms. The predicted octanol–water partition coefficient (Wildman–Crippen LogP) is 0.828. The van der Waals surface area contributed by atoms with Crippen LogP contribution in [0.2, 0.25) is 0 Å². The van der Waals surface area contributed by atoms with Crippen LogP contribution in [0.15, 0.2) is 12.8 Å². The second kappa shape index (κ2) is 8.52. The lowest BCUT2D eigenvalue weighted by molar-refractivity contribution is -0.131. The van der Waals surface area contributed by atoms with Crippen LogP contribution >= 0.6 is 0 Å². The molecule has 0 fully saturated rings. The summed E-state index contributed by atoms with van der Waals surface area (Å²) in [5.41, 5.74) is 0. The Morgan fingerprint density at radius 2 is 2.00 bits per heavy atom. The standard InChI is InChI=1S/C9H18N2O3/c1-4-10-9(12)11-7-8(13-5-2)14-6-3/h4,8H,1,5-7H2,2-3H3,(H2,10,11,12). The van der Waals surface area contributed by atoms with Crippen molar-refractivity contribution in [2.75, 3.05) is 19.8 Å². The Hall–Kier alpha value is -1.07. The van der Waals surface area contributed by atoms with Crippen molar-refractivity contribution in [3.8, 4) is 0 Å². The zero-order chi connectivity index (χ0) is 10.8. The van der Waals surface area contributed by atoms with E-state index in [2.05, 4.69) is 17.2 Å². The van der Waals surface area contributed by atoms with Crippen molar-refractivity contribution in [1.29, 1.82) is 0 Å². The SMILES string of the molecule is C=CNC(=O)NCC(OCC)OCC. The van der Waals surface area contributed by atoms with Gasteiger partial charge in [-0.2, -0.15) is 0 Å². The Balaban J connectivity index is 3.68. The number of rotatable bonds is 7. The monoisotopic (exact) mass is 202 g/mol.